The predicted octanol–water partition coefficient (Wildman–Crippen LogP) is 0.189. The summed E-state index contributed by atoms with van der Waals surface area (Å²) in [6.45, 7) is 0.934. The molecule has 7 nitrogen and oxygen atoms in total. The quantitative estimate of drug-likeness (QED) is 0.839. The Morgan fingerprint density at radius 1 is 1.35 bits per heavy atom. The molecule has 1 aromatic carbocycles. The fraction of sp³-hybridized carbons (Fsp3) is 0.375. The third-order valence-electron chi connectivity index (χ3n) is 4.18. The van der Waals surface area contributed by atoms with Crippen molar-refractivity contribution in [2.75, 3.05) is 13.1 Å². The zero-order valence-corrected chi connectivity index (χ0v) is 12.6. The van der Waals surface area contributed by atoms with Gasteiger partial charge < -0.3 is 15.6 Å². The van der Waals surface area contributed by atoms with Crippen molar-refractivity contribution < 1.29 is 9.59 Å². The highest BCUT2D eigenvalue weighted by Crippen LogP contribution is 2.17. The number of primary amides is 1. The number of rotatable bonds is 4. The van der Waals surface area contributed by atoms with E-state index in [0.717, 1.165) is 0 Å². The summed E-state index contributed by atoms with van der Waals surface area (Å²) in [5.74, 6) is -0.171. The zero-order valence-electron chi connectivity index (χ0n) is 12.6. The molecule has 23 heavy (non-hydrogen) atoms. The molecule has 1 unspecified atom stereocenters. The normalized spacial score (nSPS) is 17.6. The highest BCUT2D eigenvalue weighted by atomic mass is 16.2. The third kappa shape index (κ3) is 3.23. The first kappa shape index (κ1) is 15.2. The molecule has 0 radical (unpaired) electrons. The van der Waals surface area contributed by atoms with Crippen LogP contribution in [0.4, 0.5) is 0 Å². The summed E-state index contributed by atoms with van der Waals surface area (Å²) in [5.41, 5.74) is 5.69. The highest BCUT2D eigenvalue weighted by molar-refractivity contribution is 5.81. The number of benzene rings is 1. The van der Waals surface area contributed by atoms with Crippen LogP contribution < -0.4 is 11.3 Å². The number of nitrogens with two attached hydrogens (primary N) is 1. The lowest BCUT2D eigenvalue weighted by atomic mass is 10.1. The number of aryl methyl sites for hydroxylation is 1. The molecule has 1 saturated heterocycles. The maximum atomic E-state index is 12.2. The van der Waals surface area contributed by atoms with E-state index in [0.29, 0.717) is 42.7 Å². The second-order valence-electron chi connectivity index (χ2n) is 5.76. The van der Waals surface area contributed by atoms with Gasteiger partial charge in [-0.25, -0.2) is 4.98 Å². The van der Waals surface area contributed by atoms with Crippen molar-refractivity contribution >= 4 is 22.7 Å². The van der Waals surface area contributed by atoms with Crippen LogP contribution in [-0.4, -0.2) is 39.8 Å². The Hall–Kier alpha value is -2.70. The first-order valence-corrected chi connectivity index (χ1v) is 7.59. The fourth-order valence-corrected chi connectivity index (χ4v) is 2.86. The van der Waals surface area contributed by atoms with Gasteiger partial charge in [0.2, 0.25) is 11.8 Å². The number of aromatic nitrogens is 2. The van der Waals surface area contributed by atoms with Gasteiger partial charge in [0.15, 0.2) is 0 Å². The Bertz CT molecular complexity index is 814. The minimum absolute atomic E-state index is 0.0513. The Balaban J connectivity index is 1.66. The van der Waals surface area contributed by atoms with Crippen LogP contribution in [0.15, 0.2) is 29.1 Å². The average Bonchev–Trinajstić information content (AvgIpc) is 3.03. The molecule has 1 aliphatic rings. The summed E-state index contributed by atoms with van der Waals surface area (Å²) in [6.07, 6.45) is 1.22. The summed E-state index contributed by atoms with van der Waals surface area (Å²) >= 11 is 0. The number of para-hydroxylation sites is 1. The van der Waals surface area contributed by atoms with Crippen molar-refractivity contribution in [2.45, 2.75) is 19.3 Å². The Labute approximate surface area is 132 Å². The van der Waals surface area contributed by atoms with Gasteiger partial charge >= 0.3 is 0 Å². The van der Waals surface area contributed by atoms with E-state index in [4.69, 9.17) is 5.73 Å². The molecule has 3 rings (SSSR count). The molecule has 7 heteroatoms. The lowest BCUT2D eigenvalue weighted by Crippen LogP contribution is -2.32. The first-order chi connectivity index (χ1) is 11.0. The molecule has 1 atom stereocenters. The lowest BCUT2D eigenvalue weighted by Gasteiger charge is -2.15. The van der Waals surface area contributed by atoms with Crippen molar-refractivity contribution in [3.63, 3.8) is 0 Å². The van der Waals surface area contributed by atoms with Crippen LogP contribution in [0.3, 0.4) is 0 Å². The Morgan fingerprint density at radius 3 is 2.87 bits per heavy atom. The minimum atomic E-state index is -0.360. The van der Waals surface area contributed by atoms with Crippen LogP contribution in [0.25, 0.3) is 10.9 Å². The minimum Gasteiger partial charge on any atom is -0.369 e. The summed E-state index contributed by atoms with van der Waals surface area (Å²) in [7, 11) is 0. The molecule has 2 heterocycles. The number of likely N-dealkylation sites (tertiary alicyclic amines) is 1. The van der Waals surface area contributed by atoms with E-state index in [9.17, 15) is 14.4 Å². The number of fused-ring (bicyclic) bond motifs is 1. The summed E-state index contributed by atoms with van der Waals surface area (Å²) < 4.78 is 0. The van der Waals surface area contributed by atoms with Crippen molar-refractivity contribution in [1.82, 2.24) is 14.9 Å². The van der Waals surface area contributed by atoms with Crippen molar-refractivity contribution in [3.05, 3.63) is 40.4 Å². The molecule has 0 saturated carbocycles. The summed E-state index contributed by atoms with van der Waals surface area (Å²) in [6, 6.07) is 7.08. The topological polar surface area (TPSA) is 109 Å². The number of nitrogens with zero attached hydrogens (tertiary/aromatic N) is 2. The first-order valence-electron chi connectivity index (χ1n) is 7.59. The van der Waals surface area contributed by atoms with Gasteiger partial charge in [-0.15, -0.1) is 0 Å². The largest absolute Gasteiger partial charge is 0.369 e. The standard InChI is InChI=1S/C16H18N4O3/c17-15(22)10-7-8-20(9-10)14(21)6-5-13-18-12-4-2-1-3-11(12)16(23)19-13/h1-4,10H,5-9H2,(H2,17,22)(H,18,19,23). The fourth-order valence-electron chi connectivity index (χ4n) is 2.86. The highest BCUT2D eigenvalue weighted by Gasteiger charge is 2.29. The third-order valence-corrected chi connectivity index (χ3v) is 4.18. The molecule has 1 aromatic heterocycles. The number of amides is 2. The van der Waals surface area contributed by atoms with E-state index in [1.165, 1.54) is 0 Å². The maximum Gasteiger partial charge on any atom is 0.258 e. The molecule has 2 amide bonds. The molecular weight excluding hydrogens is 296 g/mol. The second kappa shape index (κ2) is 6.20. The van der Waals surface area contributed by atoms with Crippen LogP contribution in [0.5, 0.6) is 0 Å². The van der Waals surface area contributed by atoms with Crippen LogP contribution in [-0.2, 0) is 16.0 Å². The summed E-state index contributed by atoms with van der Waals surface area (Å²) in [5, 5.41) is 0.534. The molecule has 1 aliphatic heterocycles. The SMILES string of the molecule is NC(=O)C1CCN(C(=O)CCc2nc3ccccc3c(=O)[nH]2)C1. The van der Waals surface area contributed by atoms with Gasteiger partial charge in [0.25, 0.3) is 5.56 Å². The smallest absolute Gasteiger partial charge is 0.258 e. The van der Waals surface area contributed by atoms with E-state index in [2.05, 4.69) is 9.97 Å². The Kier molecular flexibility index (Phi) is 4.10. The number of carbonyl (C=O) groups excluding carboxylic acids is 2. The van der Waals surface area contributed by atoms with Crippen molar-refractivity contribution in [3.8, 4) is 0 Å². The number of hydrogen-bond donors (Lipinski definition) is 2. The zero-order chi connectivity index (χ0) is 16.4. The van der Waals surface area contributed by atoms with Gasteiger partial charge in [-0.05, 0) is 18.6 Å². The van der Waals surface area contributed by atoms with E-state index in [-0.39, 0.29) is 29.7 Å². The van der Waals surface area contributed by atoms with Gasteiger partial charge in [-0.3, -0.25) is 14.4 Å². The predicted molar refractivity (Wildman–Crippen MR) is 84.6 cm³/mol. The monoisotopic (exact) mass is 314 g/mol. The van der Waals surface area contributed by atoms with Crippen LogP contribution in [0.2, 0.25) is 0 Å². The van der Waals surface area contributed by atoms with Gasteiger partial charge in [0, 0.05) is 25.9 Å². The van der Waals surface area contributed by atoms with Crippen molar-refractivity contribution in [1.29, 1.82) is 0 Å². The van der Waals surface area contributed by atoms with Gasteiger partial charge in [0.1, 0.15) is 5.82 Å². The van der Waals surface area contributed by atoms with E-state index < -0.39 is 0 Å². The molecule has 0 bridgehead atoms. The lowest BCUT2D eigenvalue weighted by molar-refractivity contribution is -0.130. The Morgan fingerprint density at radius 2 is 2.13 bits per heavy atom. The van der Waals surface area contributed by atoms with Gasteiger partial charge in [-0.1, -0.05) is 12.1 Å². The van der Waals surface area contributed by atoms with E-state index in [1.54, 1.807) is 23.1 Å². The van der Waals surface area contributed by atoms with Gasteiger partial charge in [-0.2, -0.15) is 0 Å². The molecule has 2 aromatic rings. The van der Waals surface area contributed by atoms with Crippen LogP contribution in [0.1, 0.15) is 18.7 Å². The molecule has 1 fully saturated rings. The van der Waals surface area contributed by atoms with Crippen molar-refractivity contribution in [2.24, 2.45) is 11.7 Å². The van der Waals surface area contributed by atoms with Gasteiger partial charge in [0.05, 0.1) is 16.8 Å². The number of carbonyl (C=O) groups is 2. The number of H-pyrrole nitrogens is 1. The number of nitrogens with one attached hydrogen (secondary N) is 1. The van der Waals surface area contributed by atoms with E-state index in [1.807, 2.05) is 6.07 Å². The van der Waals surface area contributed by atoms with E-state index >= 15 is 0 Å². The molecule has 120 valence electrons. The second-order valence-corrected chi connectivity index (χ2v) is 5.76. The molecular formula is C16H18N4O3. The maximum absolute atomic E-state index is 12.2. The molecule has 0 spiro atoms. The van der Waals surface area contributed by atoms with Crippen LogP contribution >= 0.6 is 0 Å². The number of aromatic amines is 1. The van der Waals surface area contributed by atoms with Crippen LogP contribution in [0, 0.1) is 5.92 Å². The molecule has 0 aliphatic carbocycles. The molecule has 3 N–H and O–H groups in total. The summed E-state index contributed by atoms with van der Waals surface area (Å²) in [4.78, 5) is 44.0. The number of hydrogen-bond acceptors (Lipinski definition) is 4. The average molecular weight is 314 g/mol.